The predicted molar refractivity (Wildman–Crippen MR) is 99.6 cm³/mol. The van der Waals surface area contributed by atoms with E-state index in [1.165, 1.54) is 0 Å². The molecule has 1 aromatic carbocycles. The second-order valence-corrected chi connectivity index (χ2v) is 6.60. The van der Waals surface area contributed by atoms with E-state index in [1.807, 2.05) is 0 Å². The smallest absolute Gasteiger partial charge is 0.380 e. The Morgan fingerprint density at radius 1 is 1.29 bits per heavy atom. The SMILES string of the molecule is NC(=O)c1cc(N2CCOCC2)ccc1CNc1cc(Cl)ncc1C(F)(F)F. The normalized spacial score (nSPS) is 14.8. The van der Waals surface area contributed by atoms with Gasteiger partial charge in [-0.1, -0.05) is 17.7 Å². The van der Waals surface area contributed by atoms with Crippen LogP contribution in [-0.2, 0) is 17.5 Å². The Kier molecular flexibility index (Phi) is 5.95. The van der Waals surface area contributed by atoms with Crippen LogP contribution in [0.25, 0.3) is 0 Å². The maximum Gasteiger partial charge on any atom is 0.419 e. The van der Waals surface area contributed by atoms with E-state index in [0.717, 1.165) is 11.8 Å². The molecular weight excluding hydrogens is 397 g/mol. The zero-order valence-electron chi connectivity index (χ0n) is 14.7. The number of nitrogens with one attached hydrogen (secondary N) is 1. The summed E-state index contributed by atoms with van der Waals surface area (Å²) in [5.74, 6) is -0.657. The van der Waals surface area contributed by atoms with E-state index in [0.29, 0.717) is 38.1 Å². The Hall–Kier alpha value is -2.52. The maximum atomic E-state index is 13.2. The van der Waals surface area contributed by atoms with Gasteiger partial charge in [-0.15, -0.1) is 0 Å². The maximum absolute atomic E-state index is 13.2. The Morgan fingerprint density at radius 2 is 2.00 bits per heavy atom. The number of halogens is 4. The summed E-state index contributed by atoms with van der Waals surface area (Å²) in [6, 6.07) is 6.22. The predicted octanol–water partition coefficient (Wildman–Crippen LogP) is 3.30. The number of nitrogens with zero attached hydrogens (tertiary/aromatic N) is 2. The largest absolute Gasteiger partial charge is 0.419 e. The molecule has 0 atom stereocenters. The summed E-state index contributed by atoms with van der Waals surface area (Å²) in [5.41, 5.74) is 5.85. The van der Waals surface area contributed by atoms with Gasteiger partial charge in [0, 0.05) is 37.1 Å². The van der Waals surface area contributed by atoms with Gasteiger partial charge in [0.25, 0.3) is 0 Å². The van der Waals surface area contributed by atoms with Crippen LogP contribution in [0.3, 0.4) is 0 Å². The molecule has 0 bridgehead atoms. The molecule has 0 radical (unpaired) electrons. The van der Waals surface area contributed by atoms with Crippen molar-refractivity contribution >= 4 is 28.9 Å². The minimum Gasteiger partial charge on any atom is -0.380 e. The lowest BCUT2D eigenvalue weighted by Gasteiger charge is -2.29. The lowest BCUT2D eigenvalue weighted by molar-refractivity contribution is -0.137. The molecule has 3 N–H and O–H groups in total. The number of benzene rings is 1. The van der Waals surface area contributed by atoms with E-state index in [-0.39, 0.29) is 22.9 Å². The molecule has 1 amide bonds. The molecule has 0 spiro atoms. The van der Waals surface area contributed by atoms with E-state index in [1.54, 1.807) is 18.2 Å². The highest BCUT2D eigenvalue weighted by Gasteiger charge is 2.34. The number of ether oxygens (including phenoxy) is 1. The second-order valence-electron chi connectivity index (χ2n) is 6.21. The summed E-state index contributed by atoms with van der Waals surface area (Å²) >= 11 is 5.73. The van der Waals surface area contributed by atoms with E-state index in [4.69, 9.17) is 22.1 Å². The number of hydrogen-bond donors (Lipinski definition) is 2. The molecule has 2 aromatic rings. The molecule has 1 aliphatic rings. The third-order valence-corrected chi connectivity index (χ3v) is 4.59. The zero-order valence-corrected chi connectivity index (χ0v) is 15.5. The van der Waals surface area contributed by atoms with Gasteiger partial charge in [0.2, 0.25) is 5.91 Å². The number of nitrogens with two attached hydrogens (primary N) is 1. The van der Waals surface area contributed by atoms with Gasteiger partial charge in [-0.05, 0) is 23.8 Å². The minimum atomic E-state index is -4.59. The standard InChI is InChI=1S/C18H18ClF3N4O2/c19-16-8-15(14(10-25-16)18(20,21)22)24-9-11-1-2-12(7-13(11)17(23)27)26-3-5-28-6-4-26/h1-2,7-8,10H,3-6,9H2,(H2,23,27)(H,24,25). The number of alkyl halides is 3. The first kappa shape index (κ1) is 20.2. The van der Waals surface area contributed by atoms with Crippen LogP contribution in [-0.4, -0.2) is 37.2 Å². The lowest BCUT2D eigenvalue weighted by atomic mass is 10.0. The molecule has 10 heteroatoms. The molecule has 150 valence electrons. The second kappa shape index (κ2) is 8.24. The van der Waals surface area contributed by atoms with Gasteiger partial charge in [-0.2, -0.15) is 13.2 Å². The average Bonchev–Trinajstić information content (AvgIpc) is 2.66. The molecule has 0 unspecified atom stereocenters. The first-order valence-electron chi connectivity index (χ1n) is 8.48. The van der Waals surface area contributed by atoms with Crippen molar-refractivity contribution in [3.05, 3.63) is 52.3 Å². The number of aromatic nitrogens is 1. The van der Waals surface area contributed by atoms with Crippen LogP contribution >= 0.6 is 11.6 Å². The van der Waals surface area contributed by atoms with E-state index < -0.39 is 17.6 Å². The van der Waals surface area contributed by atoms with Crippen LogP contribution in [0, 0.1) is 0 Å². The van der Waals surface area contributed by atoms with Crippen molar-refractivity contribution in [3.63, 3.8) is 0 Å². The van der Waals surface area contributed by atoms with Crippen molar-refractivity contribution in [2.75, 3.05) is 36.5 Å². The molecule has 1 aromatic heterocycles. The van der Waals surface area contributed by atoms with E-state index >= 15 is 0 Å². The van der Waals surface area contributed by atoms with Crippen LogP contribution in [0.2, 0.25) is 5.15 Å². The summed E-state index contributed by atoms with van der Waals surface area (Å²) in [6.45, 7) is 2.49. The molecule has 6 nitrogen and oxygen atoms in total. The Morgan fingerprint density at radius 3 is 2.64 bits per heavy atom. The molecule has 1 aliphatic heterocycles. The van der Waals surface area contributed by atoms with E-state index in [9.17, 15) is 18.0 Å². The first-order chi connectivity index (χ1) is 13.3. The van der Waals surface area contributed by atoms with Crippen LogP contribution in [0.5, 0.6) is 0 Å². The fourth-order valence-corrected chi connectivity index (χ4v) is 3.12. The molecule has 2 heterocycles. The third-order valence-electron chi connectivity index (χ3n) is 4.38. The van der Waals surface area contributed by atoms with Gasteiger partial charge in [-0.25, -0.2) is 4.98 Å². The van der Waals surface area contributed by atoms with Gasteiger partial charge in [0.1, 0.15) is 5.15 Å². The highest BCUT2D eigenvalue weighted by molar-refractivity contribution is 6.29. The number of carbonyl (C=O) groups excluding carboxylic acids is 1. The number of amides is 1. The quantitative estimate of drug-likeness (QED) is 0.734. The number of carbonyl (C=O) groups is 1. The highest BCUT2D eigenvalue weighted by Crippen LogP contribution is 2.35. The molecule has 3 rings (SSSR count). The summed E-state index contributed by atoms with van der Waals surface area (Å²) < 4.78 is 44.8. The van der Waals surface area contributed by atoms with Crippen LogP contribution in [0.1, 0.15) is 21.5 Å². The van der Waals surface area contributed by atoms with Crippen molar-refractivity contribution in [3.8, 4) is 0 Å². The molecule has 1 saturated heterocycles. The number of hydrogen-bond acceptors (Lipinski definition) is 5. The van der Waals surface area contributed by atoms with Gasteiger partial charge < -0.3 is 20.7 Å². The summed E-state index contributed by atoms with van der Waals surface area (Å²) in [7, 11) is 0. The van der Waals surface area contributed by atoms with Crippen LogP contribution in [0.15, 0.2) is 30.5 Å². The topological polar surface area (TPSA) is 80.5 Å². The van der Waals surface area contributed by atoms with Gasteiger partial charge in [-0.3, -0.25) is 4.79 Å². The molecule has 0 saturated carbocycles. The van der Waals surface area contributed by atoms with Crippen LogP contribution < -0.4 is 16.0 Å². The monoisotopic (exact) mass is 414 g/mol. The molecular formula is C18H18ClF3N4O2. The van der Waals surface area contributed by atoms with Crippen LogP contribution in [0.4, 0.5) is 24.5 Å². The summed E-state index contributed by atoms with van der Waals surface area (Å²) in [4.78, 5) is 17.4. The molecule has 0 aliphatic carbocycles. The van der Waals surface area contributed by atoms with Gasteiger partial charge >= 0.3 is 6.18 Å². The van der Waals surface area contributed by atoms with Crippen molar-refractivity contribution in [2.45, 2.75) is 12.7 Å². The van der Waals surface area contributed by atoms with Crippen molar-refractivity contribution in [1.82, 2.24) is 4.98 Å². The average molecular weight is 415 g/mol. The highest BCUT2D eigenvalue weighted by atomic mass is 35.5. The van der Waals surface area contributed by atoms with Gasteiger partial charge in [0.05, 0.1) is 24.5 Å². The number of primary amides is 1. The van der Waals surface area contributed by atoms with Gasteiger partial charge in [0.15, 0.2) is 0 Å². The Bertz CT molecular complexity index is 870. The van der Waals surface area contributed by atoms with Crippen molar-refractivity contribution < 1.29 is 22.7 Å². The number of pyridine rings is 1. The fourth-order valence-electron chi connectivity index (χ4n) is 2.96. The van der Waals surface area contributed by atoms with Crippen molar-refractivity contribution in [1.29, 1.82) is 0 Å². The fraction of sp³-hybridized carbons (Fsp3) is 0.333. The zero-order chi connectivity index (χ0) is 20.3. The first-order valence-corrected chi connectivity index (χ1v) is 8.85. The molecule has 28 heavy (non-hydrogen) atoms. The summed E-state index contributed by atoms with van der Waals surface area (Å²) in [5, 5.41) is 2.61. The third kappa shape index (κ3) is 4.66. The van der Waals surface area contributed by atoms with E-state index in [2.05, 4.69) is 15.2 Å². The minimum absolute atomic E-state index is 0.0366. The Balaban J connectivity index is 1.85. The lowest BCUT2D eigenvalue weighted by Crippen LogP contribution is -2.36. The number of anilines is 2. The number of rotatable bonds is 5. The number of morpholine rings is 1. The molecule has 1 fully saturated rings. The summed E-state index contributed by atoms with van der Waals surface area (Å²) in [6.07, 6.45) is -3.92. The van der Waals surface area contributed by atoms with Crippen molar-refractivity contribution in [2.24, 2.45) is 5.73 Å². The Labute approximate surface area is 164 Å².